The third-order valence-electron chi connectivity index (χ3n) is 2.33. The maximum absolute atomic E-state index is 5.93. The summed E-state index contributed by atoms with van der Waals surface area (Å²) in [6.45, 7) is 1.98. The van der Waals surface area contributed by atoms with Crippen LogP contribution in [0.3, 0.4) is 0 Å². The van der Waals surface area contributed by atoms with Crippen molar-refractivity contribution in [2.24, 2.45) is 0 Å². The summed E-state index contributed by atoms with van der Waals surface area (Å²) in [6, 6.07) is 5.65. The summed E-state index contributed by atoms with van der Waals surface area (Å²) in [6.07, 6.45) is 1.35. The molecule has 94 valence electrons. The molecule has 6 heteroatoms. The zero-order valence-electron chi connectivity index (χ0n) is 9.45. The molecule has 1 aromatic carbocycles. The summed E-state index contributed by atoms with van der Waals surface area (Å²) in [5, 5.41) is 0.309. The highest BCUT2D eigenvalue weighted by Gasteiger charge is 2.11. The lowest BCUT2D eigenvalue weighted by atomic mass is 10.2. The lowest BCUT2D eigenvalue weighted by Gasteiger charge is -2.09. The zero-order valence-corrected chi connectivity index (χ0v) is 12.6. The Morgan fingerprint density at radius 2 is 2.11 bits per heavy atom. The second-order valence-electron chi connectivity index (χ2n) is 3.59. The standard InChI is InChI=1S/C12H9BrCl2N2O/c1-7-4-8(2-3-10(7)13)18-12-9(5-14)11(15)16-6-17-12/h2-4,6H,5H2,1H3. The summed E-state index contributed by atoms with van der Waals surface area (Å²) >= 11 is 15.2. The predicted octanol–water partition coefficient (Wildman–Crippen LogP) is 4.73. The fourth-order valence-corrected chi connectivity index (χ4v) is 2.12. The van der Waals surface area contributed by atoms with Crippen molar-refractivity contribution in [1.29, 1.82) is 0 Å². The van der Waals surface area contributed by atoms with Crippen molar-refractivity contribution in [3.05, 3.63) is 45.3 Å². The Morgan fingerprint density at radius 3 is 2.78 bits per heavy atom. The molecule has 0 atom stereocenters. The minimum Gasteiger partial charge on any atom is -0.439 e. The normalized spacial score (nSPS) is 10.4. The largest absolute Gasteiger partial charge is 0.439 e. The molecule has 1 heterocycles. The van der Waals surface area contributed by atoms with Crippen LogP contribution >= 0.6 is 39.1 Å². The number of aryl methyl sites for hydroxylation is 1. The van der Waals surface area contributed by atoms with Gasteiger partial charge in [-0.1, -0.05) is 27.5 Å². The Hall–Kier alpha value is -0.840. The lowest BCUT2D eigenvalue weighted by molar-refractivity contribution is 0.456. The molecule has 0 amide bonds. The van der Waals surface area contributed by atoms with Gasteiger partial charge in [0.2, 0.25) is 5.88 Å². The molecular formula is C12H9BrCl2N2O. The average molecular weight is 348 g/mol. The Morgan fingerprint density at radius 1 is 1.33 bits per heavy atom. The first-order chi connectivity index (χ1) is 8.61. The van der Waals surface area contributed by atoms with E-state index in [4.69, 9.17) is 27.9 Å². The molecule has 1 aromatic heterocycles. The van der Waals surface area contributed by atoms with Crippen molar-refractivity contribution in [3.8, 4) is 11.6 Å². The first-order valence-electron chi connectivity index (χ1n) is 5.11. The van der Waals surface area contributed by atoms with E-state index in [1.54, 1.807) is 0 Å². The third-order valence-corrected chi connectivity index (χ3v) is 3.81. The summed E-state index contributed by atoms with van der Waals surface area (Å²) in [5.74, 6) is 1.26. The Labute approximate surface area is 123 Å². The average Bonchev–Trinajstić information content (AvgIpc) is 2.34. The molecule has 2 rings (SSSR count). The van der Waals surface area contributed by atoms with Crippen LogP contribution in [0.4, 0.5) is 0 Å². The first-order valence-corrected chi connectivity index (χ1v) is 6.81. The third kappa shape index (κ3) is 2.94. The van der Waals surface area contributed by atoms with E-state index >= 15 is 0 Å². The minimum atomic E-state index is 0.199. The molecule has 3 nitrogen and oxygen atoms in total. The van der Waals surface area contributed by atoms with Gasteiger partial charge in [-0.25, -0.2) is 9.97 Å². The molecular weight excluding hydrogens is 339 g/mol. The van der Waals surface area contributed by atoms with E-state index in [-0.39, 0.29) is 5.88 Å². The number of aromatic nitrogens is 2. The van der Waals surface area contributed by atoms with Gasteiger partial charge in [0.05, 0.1) is 11.4 Å². The second kappa shape index (κ2) is 5.87. The topological polar surface area (TPSA) is 35.0 Å². The van der Waals surface area contributed by atoms with Crippen LogP contribution < -0.4 is 4.74 Å². The molecule has 0 fully saturated rings. The highest BCUT2D eigenvalue weighted by Crippen LogP contribution is 2.30. The summed E-state index contributed by atoms with van der Waals surface area (Å²) in [7, 11) is 0. The Balaban J connectivity index is 2.34. The molecule has 0 aliphatic heterocycles. The Bertz CT molecular complexity index is 578. The maximum Gasteiger partial charge on any atom is 0.228 e. The molecule has 0 saturated heterocycles. The van der Waals surface area contributed by atoms with E-state index in [1.807, 2.05) is 25.1 Å². The van der Waals surface area contributed by atoms with Crippen LogP contribution in [0.25, 0.3) is 0 Å². The number of hydrogen-bond acceptors (Lipinski definition) is 3. The van der Waals surface area contributed by atoms with Gasteiger partial charge in [-0.05, 0) is 30.7 Å². The number of hydrogen-bond donors (Lipinski definition) is 0. The van der Waals surface area contributed by atoms with Crippen molar-refractivity contribution >= 4 is 39.1 Å². The number of alkyl halides is 1. The van der Waals surface area contributed by atoms with E-state index in [2.05, 4.69) is 25.9 Å². The number of benzene rings is 1. The highest BCUT2D eigenvalue weighted by molar-refractivity contribution is 9.10. The van der Waals surface area contributed by atoms with Crippen molar-refractivity contribution in [2.75, 3.05) is 0 Å². The van der Waals surface area contributed by atoms with Crippen molar-refractivity contribution in [1.82, 2.24) is 9.97 Å². The lowest BCUT2D eigenvalue weighted by Crippen LogP contribution is -1.96. The SMILES string of the molecule is Cc1cc(Oc2ncnc(Cl)c2CCl)ccc1Br. The molecule has 0 N–H and O–H groups in total. The second-order valence-corrected chi connectivity index (χ2v) is 5.07. The van der Waals surface area contributed by atoms with Crippen LogP contribution in [0.15, 0.2) is 29.0 Å². The number of rotatable bonds is 3. The highest BCUT2D eigenvalue weighted by atomic mass is 79.9. The van der Waals surface area contributed by atoms with E-state index in [0.29, 0.717) is 22.3 Å². The number of halogens is 3. The molecule has 0 saturated carbocycles. The molecule has 0 aliphatic rings. The van der Waals surface area contributed by atoms with Crippen LogP contribution in [0.5, 0.6) is 11.6 Å². The van der Waals surface area contributed by atoms with E-state index in [9.17, 15) is 0 Å². The summed E-state index contributed by atoms with van der Waals surface area (Å²) in [4.78, 5) is 7.91. The first kappa shape index (κ1) is 13.6. The van der Waals surface area contributed by atoms with Gasteiger partial charge in [0.15, 0.2) is 0 Å². The fraction of sp³-hybridized carbons (Fsp3) is 0.167. The van der Waals surface area contributed by atoms with Crippen LogP contribution in [0, 0.1) is 6.92 Å². The van der Waals surface area contributed by atoms with Gasteiger partial charge in [-0.2, -0.15) is 0 Å². The van der Waals surface area contributed by atoms with Gasteiger partial charge in [-0.15, -0.1) is 11.6 Å². The van der Waals surface area contributed by atoms with Crippen LogP contribution in [-0.4, -0.2) is 9.97 Å². The van der Waals surface area contributed by atoms with Gasteiger partial charge < -0.3 is 4.74 Å². The minimum absolute atomic E-state index is 0.199. The summed E-state index contributed by atoms with van der Waals surface area (Å²) < 4.78 is 6.70. The fourth-order valence-electron chi connectivity index (χ4n) is 1.37. The quantitative estimate of drug-likeness (QED) is 0.594. The molecule has 0 spiro atoms. The molecule has 2 aromatic rings. The van der Waals surface area contributed by atoms with Gasteiger partial charge in [0.1, 0.15) is 17.2 Å². The molecule has 0 aliphatic carbocycles. The number of nitrogens with zero attached hydrogens (tertiary/aromatic N) is 2. The molecule has 0 unspecified atom stereocenters. The van der Waals surface area contributed by atoms with Gasteiger partial charge in [-0.3, -0.25) is 0 Å². The van der Waals surface area contributed by atoms with E-state index < -0.39 is 0 Å². The van der Waals surface area contributed by atoms with Gasteiger partial charge in [0, 0.05) is 4.47 Å². The van der Waals surface area contributed by atoms with Gasteiger partial charge in [0.25, 0.3) is 0 Å². The molecule has 18 heavy (non-hydrogen) atoms. The maximum atomic E-state index is 5.93. The monoisotopic (exact) mass is 346 g/mol. The summed E-state index contributed by atoms with van der Waals surface area (Å²) in [5.41, 5.74) is 1.65. The zero-order chi connectivity index (χ0) is 13.1. The smallest absolute Gasteiger partial charge is 0.228 e. The van der Waals surface area contributed by atoms with Crippen LogP contribution in [-0.2, 0) is 5.88 Å². The number of ether oxygens (including phenoxy) is 1. The molecule has 0 bridgehead atoms. The van der Waals surface area contributed by atoms with Crippen LogP contribution in [0.1, 0.15) is 11.1 Å². The van der Waals surface area contributed by atoms with Crippen molar-refractivity contribution < 1.29 is 4.74 Å². The predicted molar refractivity (Wildman–Crippen MR) is 75.6 cm³/mol. The van der Waals surface area contributed by atoms with Gasteiger partial charge >= 0.3 is 0 Å². The van der Waals surface area contributed by atoms with Crippen LogP contribution in [0.2, 0.25) is 5.15 Å². The van der Waals surface area contributed by atoms with E-state index in [0.717, 1.165) is 10.0 Å². The van der Waals surface area contributed by atoms with Crippen molar-refractivity contribution in [3.63, 3.8) is 0 Å². The van der Waals surface area contributed by atoms with E-state index in [1.165, 1.54) is 6.33 Å². The van der Waals surface area contributed by atoms with Crippen molar-refractivity contribution in [2.45, 2.75) is 12.8 Å². The molecule has 0 radical (unpaired) electrons. The Kier molecular flexibility index (Phi) is 4.43.